The molecular weight excluding hydrogens is 224 g/mol. The van der Waals surface area contributed by atoms with Gasteiger partial charge in [-0.1, -0.05) is 0 Å². The molecule has 0 aliphatic rings. The van der Waals surface area contributed by atoms with Crippen LogP contribution in [0.3, 0.4) is 0 Å². The van der Waals surface area contributed by atoms with E-state index in [0.717, 1.165) is 11.3 Å². The van der Waals surface area contributed by atoms with Crippen molar-refractivity contribution in [3.8, 4) is 5.75 Å². The van der Waals surface area contributed by atoms with Crippen molar-refractivity contribution >= 4 is 17.4 Å². The van der Waals surface area contributed by atoms with E-state index in [2.05, 4.69) is 0 Å². The summed E-state index contributed by atoms with van der Waals surface area (Å²) in [5.41, 5.74) is 1.56. The highest BCUT2D eigenvalue weighted by atomic mass is 35.5. The number of aryl methyl sites for hydroxylation is 1. The van der Waals surface area contributed by atoms with Gasteiger partial charge in [-0.15, -0.1) is 11.6 Å². The summed E-state index contributed by atoms with van der Waals surface area (Å²) in [6.45, 7) is 7.51. The molecule has 0 amide bonds. The van der Waals surface area contributed by atoms with E-state index in [-0.39, 0.29) is 11.9 Å². The summed E-state index contributed by atoms with van der Waals surface area (Å²) in [4.78, 5) is 11.7. The third kappa shape index (κ3) is 3.24. The quantitative estimate of drug-likeness (QED) is 0.594. The Kier molecular flexibility index (Phi) is 4.36. The van der Waals surface area contributed by atoms with Gasteiger partial charge in [-0.25, -0.2) is 0 Å². The first-order chi connectivity index (χ1) is 7.41. The maximum atomic E-state index is 11.7. The summed E-state index contributed by atoms with van der Waals surface area (Å²) in [5, 5.41) is -0.490. The predicted molar refractivity (Wildman–Crippen MR) is 66.6 cm³/mol. The second-order valence-electron chi connectivity index (χ2n) is 4.12. The number of alkyl halides is 1. The molecular formula is C13H17ClO2. The molecule has 2 nitrogen and oxygen atoms in total. The highest BCUT2D eigenvalue weighted by Gasteiger charge is 2.15. The molecule has 88 valence electrons. The SMILES string of the molecule is Cc1cc(OC(C)C)ccc1C(=O)C(C)Cl. The van der Waals surface area contributed by atoms with Crippen LogP contribution in [0.15, 0.2) is 18.2 Å². The molecule has 0 N–H and O–H groups in total. The van der Waals surface area contributed by atoms with Crippen LogP contribution in [-0.4, -0.2) is 17.3 Å². The number of ketones is 1. The topological polar surface area (TPSA) is 26.3 Å². The molecule has 0 saturated heterocycles. The molecule has 1 aromatic rings. The zero-order valence-corrected chi connectivity index (χ0v) is 10.8. The molecule has 1 rings (SSSR count). The highest BCUT2D eigenvalue weighted by Crippen LogP contribution is 2.20. The van der Waals surface area contributed by atoms with Gasteiger partial charge in [-0.05, 0) is 51.5 Å². The number of halogens is 1. The molecule has 0 aliphatic carbocycles. The molecule has 0 aromatic heterocycles. The average Bonchev–Trinajstić information content (AvgIpc) is 2.15. The Morgan fingerprint density at radius 3 is 2.38 bits per heavy atom. The lowest BCUT2D eigenvalue weighted by Crippen LogP contribution is -2.12. The molecule has 0 radical (unpaired) electrons. The van der Waals surface area contributed by atoms with Crippen molar-refractivity contribution in [1.29, 1.82) is 0 Å². The van der Waals surface area contributed by atoms with Gasteiger partial charge < -0.3 is 4.74 Å². The summed E-state index contributed by atoms with van der Waals surface area (Å²) < 4.78 is 5.55. The van der Waals surface area contributed by atoms with E-state index >= 15 is 0 Å². The Hall–Kier alpha value is -1.02. The number of carbonyl (C=O) groups is 1. The first kappa shape index (κ1) is 13.0. The second-order valence-corrected chi connectivity index (χ2v) is 4.78. The van der Waals surface area contributed by atoms with Crippen molar-refractivity contribution in [2.45, 2.75) is 39.2 Å². The molecule has 3 heteroatoms. The molecule has 0 heterocycles. The van der Waals surface area contributed by atoms with E-state index in [1.165, 1.54) is 0 Å². The van der Waals surface area contributed by atoms with E-state index in [1.807, 2.05) is 26.8 Å². The van der Waals surface area contributed by atoms with Gasteiger partial charge in [-0.2, -0.15) is 0 Å². The number of benzene rings is 1. The molecule has 0 bridgehead atoms. The van der Waals surface area contributed by atoms with Crippen LogP contribution in [0.5, 0.6) is 5.75 Å². The van der Waals surface area contributed by atoms with E-state index < -0.39 is 5.38 Å². The largest absolute Gasteiger partial charge is 0.491 e. The van der Waals surface area contributed by atoms with Crippen LogP contribution in [0.2, 0.25) is 0 Å². The molecule has 1 unspecified atom stereocenters. The van der Waals surface area contributed by atoms with Gasteiger partial charge in [-0.3, -0.25) is 4.79 Å². The maximum Gasteiger partial charge on any atom is 0.180 e. The standard InChI is InChI=1S/C13H17ClO2/c1-8(2)16-11-5-6-12(9(3)7-11)13(15)10(4)14/h5-8,10H,1-4H3. The van der Waals surface area contributed by atoms with Crippen LogP contribution in [0, 0.1) is 6.92 Å². The number of carbonyl (C=O) groups excluding carboxylic acids is 1. The summed E-state index contributed by atoms with van der Waals surface area (Å²) in [6.07, 6.45) is 0.132. The number of rotatable bonds is 4. The van der Waals surface area contributed by atoms with Gasteiger partial charge in [0.1, 0.15) is 5.75 Å². The minimum Gasteiger partial charge on any atom is -0.491 e. The summed E-state index contributed by atoms with van der Waals surface area (Å²) in [6, 6.07) is 5.44. The van der Waals surface area contributed by atoms with Crippen molar-refractivity contribution in [3.05, 3.63) is 29.3 Å². The lowest BCUT2D eigenvalue weighted by Gasteiger charge is -2.12. The lowest BCUT2D eigenvalue weighted by atomic mass is 10.0. The molecule has 1 aromatic carbocycles. The first-order valence-electron chi connectivity index (χ1n) is 5.37. The third-order valence-corrected chi connectivity index (χ3v) is 2.39. The Morgan fingerprint density at radius 2 is 1.94 bits per heavy atom. The Labute approximate surface area is 102 Å². The van der Waals surface area contributed by atoms with Gasteiger partial charge in [0.05, 0.1) is 11.5 Å². The second kappa shape index (κ2) is 5.35. The van der Waals surface area contributed by atoms with Gasteiger partial charge in [0, 0.05) is 5.56 Å². The molecule has 16 heavy (non-hydrogen) atoms. The van der Waals surface area contributed by atoms with Crippen LogP contribution >= 0.6 is 11.6 Å². The molecule has 1 atom stereocenters. The number of Topliss-reactive ketones (excluding diaryl/α,β-unsaturated/α-hetero) is 1. The van der Waals surface area contributed by atoms with Gasteiger partial charge in [0.15, 0.2) is 5.78 Å². The Bertz CT molecular complexity index is 384. The summed E-state index contributed by atoms with van der Waals surface area (Å²) >= 11 is 5.78. The lowest BCUT2D eigenvalue weighted by molar-refractivity contribution is 0.0991. The van der Waals surface area contributed by atoms with Gasteiger partial charge >= 0.3 is 0 Å². The zero-order valence-electron chi connectivity index (χ0n) is 10.1. The van der Waals surface area contributed by atoms with Crippen molar-refractivity contribution < 1.29 is 9.53 Å². The molecule has 0 saturated carbocycles. The van der Waals surface area contributed by atoms with Gasteiger partial charge in [0.2, 0.25) is 0 Å². The number of hydrogen-bond acceptors (Lipinski definition) is 2. The fourth-order valence-corrected chi connectivity index (χ4v) is 1.59. The van der Waals surface area contributed by atoms with Crippen molar-refractivity contribution in [3.63, 3.8) is 0 Å². The van der Waals surface area contributed by atoms with E-state index in [0.29, 0.717) is 5.56 Å². The van der Waals surface area contributed by atoms with Crippen LogP contribution in [0.4, 0.5) is 0 Å². The minimum atomic E-state index is -0.490. The smallest absolute Gasteiger partial charge is 0.180 e. The van der Waals surface area contributed by atoms with Crippen LogP contribution in [0.25, 0.3) is 0 Å². The number of hydrogen-bond donors (Lipinski definition) is 0. The van der Waals surface area contributed by atoms with Crippen LogP contribution in [-0.2, 0) is 0 Å². The fraction of sp³-hybridized carbons (Fsp3) is 0.462. The van der Waals surface area contributed by atoms with Crippen molar-refractivity contribution in [1.82, 2.24) is 0 Å². The van der Waals surface area contributed by atoms with Crippen molar-refractivity contribution in [2.75, 3.05) is 0 Å². The third-order valence-electron chi connectivity index (χ3n) is 2.20. The monoisotopic (exact) mass is 240 g/mol. The Balaban J connectivity index is 2.96. The van der Waals surface area contributed by atoms with E-state index in [4.69, 9.17) is 16.3 Å². The van der Waals surface area contributed by atoms with Gasteiger partial charge in [0.25, 0.3) is 0 Å². The number of ether oxygens (including phenoxy) is 1. The predicted octanol–water partition coefficient (Wildman–Crippen LogP) is 3.59. The molecule has 0 aliphatic heterocycles. The zero-order chi connectivity index (χ0) is 12.3. The normalized spacial score (nSPS) is 12.6. The van der Waals surface area contributed by atoms with Crippen molar-refractivity contribution in [2.24, 2.45) is 0 Å². The maximum absolute atomic E-state index is 11.7. The summed E-state index contributed by atoms with van der Waals surface area (Å²) in [7, 11) is 0. The summed E-state index contributed by atoms with van der Waals surface area (Å²) in [5.74, 6) is 0.738. The molecule has 0 spiro atoms. The Morgan fingerprint density at radius 1 is 1.31 bits per heavy atom. The van der Waals surface area contributed by atoms with Crippen LogP contribution in [0.1, 0.15) is 36.7 Å². The fourth-order valence-electron chi connectivity index (χ4n) is 1.47. The average molecular weight is 241 g/mol. The first-order valence-corrected chi connectivity index (χ1v) is 5.81. The highest BCUT2D eigenvalue weighted by molar-refractivity contribution is 6.33. The minimum absolute atomic E-state index is 0.0461. The van der Waals surface area contributed by atoms with E-state index in [9.17, 15) is 4.79 Å². The molecule has 0 fully saturated rings. The van der Waals surface area contributed by atoms with E-state index in [1.54, 1.807) is 19.1 Å². The van der Waals surface area contributed by atoms with Crippen LogP contribution < -0.4 is 4.74 Å².